The first kappa shape index (κ1) is 40.8. The van der Waals surface area contributed by atoms with Crippen LogP contribution in [0.25, 0.3) is 0 Å². The molecular weight excluding hydrogens is 733 g/mol. The third kappa shape index (κ3) is 9.73. The van der Waals surface area contributed by atoms with Gasteiger partial charge in [-0.2, -0.15) is 4.58 Å². The highest BCUT2D eigenvalue weighted by Crippen LogP contribution is 2.48. The van der Waals surface area contributed by atoms with E-state index in [0.717, 1.165) is 22.7 Å². The maximum Gasteiger partial charge on any atom is 0.335 e. The Kier molecular flexibility index (Phi) is 12.2. The molecule has 282 valence electrons. The molecule has 2 aliphatic rings. The highest BCUT2D eigenvalue weighted by molar-refractivity contribution is 7.86. The Hall–Kier alpha value is -3.93. The second-order valence-electron chi connectivity index (χ2n) is 13.7. The summed E-state index contributed by atoms with van der Waals surface area (Å²) in [6.45, 7) is 8.47. The molecule has 52 heavy (non-hydrogen) atoms. The quantitative estimate of drug-likeness (QED) is 0.107. The molecule has 0 aliphatic carbocycles. The molecule has 0 saturated heterocycles. The van der Waals surface area contributed by atoms with Crippen molar-refractivity contribution >= 4 is 53.4 Å². The molecule has 1 N–H and O–H groups in total. The Balaban J connectivity index is 1.59. The molecule has 0 spiro atoms. The number of allylic oxidation sites excluding steroid dienone is 8. The van der Waals surface area contributed by atoms with Crippen molar-refractivity contribution in [3.05, 3.63) is 101 Å². The Morgan fingerprint density at radius 2 is 1.38 bits per heavy atom. The first-order valence-corrected chi connectivity index (χ1v) is 21.1. The van der Waals surface area contributed by atoms with Crippen LogP contribution in [0.15, 0.2) is 89.5 Å². The Labute approximate surface area is 305 Å². The van der Waals surface area contributed by atoms with Crippen molar-refractivity contribution in [1.82, 2.24) is 0 Å². The number of hydrogen-bond acceptors (Lipinski definition) is 11. The number of fused-ring (bicyclic) bond motifs is 2. The number of rotatable bonds is 16. The van der Waals surface area contributed by atoms with Crippen LogP contribution in [0.2, 0.25) is 0 Å². The Bertz CT molecular complexity index is 2210. The van der Waals surface area contributed by atoms with Crippen LogP contribution >= 0.6 is 0 Å². The summed E-state index contributed by atoms with van der Waals surface area (Å²) in [7, 11) is -13.4. The van der Waals surface area contributed by atoms with Gasteiger partial charge in [0.25, 0.3) is 0 Å². The number of aromatic carboxylic acids is 1. The molecule has 0 bridgehead atoms. The maximum atomic E-state index is 11.8. The number of carbonyl (C=O) groups is 1. The molecular formula is C36H42N2O11S3-2. The lowest BCUT2D eigenvalue weighted by Crippen LogP contribution is -2.28. The van der Waals surface area contributed by atoms with Crippen molar-refractivity contribution in [2.75, 3.05) is 29.5 Å². The van der Waals surface area contributed by atoms with Crippen molar-refractivity contribution in [3.63, 3.8) is 0 Å². The van der Waals surface area contributed by atoms with E-state index >= 15 is 0 Å². The SMILES string of the molecule is CC1(C)C(/C=C/C=C/C=C/C=C2\N(CCCCS(=O)(=O)[O-])c3ccc(S(=O)(=O)[O-])cc3C2(C)C)=[N+](CCCCS(=O)(=O)[O-])c2ccc(C(=O)O)cc21. The smallest absolute Gasteiger partial charge is 0.335 e. The van der Waals surface area contributed by atoms with E-state index in [1.165, 1.54) is 18.2 Å². The summed E-state index contributed by atoms with van der Waals surface area (Å²) < 4.78 is 104. The fraction of sp³-hybridized carbons (Fsp3) is 0.389. The van der Waals surface area contributed by atoms with E-state index in [9.17, 15) is 48.8 Å². The summed E-state index contributed by atoms with van der Waals surface area (Å²) in [6, 6.07) is 9.05. The number of unbranched alkanes of at least 4 members (excludes halogenated alkanes) is 2. The molecule has 0 aromatic heterocycles. The second-order valence-corrected chi connectivity index (χ2v) is 18.2. The number of carboxylic acids is 1. The van der Waals surface area contributed by atoms with Crippen molar-refractivity contribution in [2.24, 2.45) is 0 Å². The standard InChI is InChI=1S/C36H44N2O11S3/c1-35(2)28-24-26(34(39)40)16-18-30(28)37(20-10-12-22-50(41,42)43)32(35)14-8-6-5-7-9-15-33-36(3,4)29-25-27(52(47,48)49)17-19-31(29)38(33)21-11-13-23-51(44,45)46/h5-9,14-19,24-25H,10-13,20-23H2,1-4H3,(H3-,39,40,41,42,43,44,45,46,47,48,49)/p-2. The van der Waals surface area contributed by atoms with Gasteiger partial charge in [-0.1, -0.05) is 44.2 Å². The van der Waals surface area contributed by atoms with E-state index in [4.69, 9.17) is 0 Å². The fourth-order valence-corrected chi connectivity index (χ4v) is 8.30. The average molecular weight is 775 g/mol. The highest BCUT2D eigenvalue weighted by Gasteiger charge is 2.44. The number of anilines is 1. The lowest BCUT2D eigenvalue weighted by Gasteiger charge is -2.27. The third-order valence-corrected chi connectivity index (χ3v) is 11.7. The van der Waals surface area contributed by atoms with Crippen LogP contribution in [0.3, 0.4) is 0 Å². The van der Waals surface area contributed by atoms with Crippen molar-refractivity contribution in [1.29, 1.82) is 0 Å². The summed E-state index contributed by atoms with van der Waals surface area (Å²) in [5, 5.41) is 9.58. The summed E-state index contributed by atoms with van der Waals surface area (Å²) >= 11 is 0. The zero-order valence-electron chi connectivity index (χ0n) is 29.3. The van der Waals surface area contributed by atoms with Crippen molar-refractivity contribution in [2.45, 2.75) is 69.1 Å². The lowest BCUT2D eigenvalue weighted by atomic mass is 9.81. The molecule has 0 radical (unpaired) electrons. The van der Waals surface area contributed by atoms with Gasteiger partial charge < -0.3 is 23.7 Å². The summed E-state index contributed by atoms with van der Waals surface area (Å²) in [5.41, 5.74) is 3.35. The minimum Gasteiger partial charge on any atom is -0.748 e. The number of hydrogen-bond donors (Lipinski definition) is 1. The largest absolute Gasteiger partial charge is 0.748 e. The molecule has 2 aromatic carbocycles. The minimum atomic E-state index is -4.71. The van der Waals surface area contributed by atoms with Gasteiger partial charge in [-0.25, -0.2) is 30.0 Å². The highest BCUT2D eigenvalue weighted by atomic mass is 32.2. The van der Waals surface area contributed by atoms with Gasteiger partial charge in [0, 0.05) is 59.0 Å². The summed E-state index contributed by atoms with van der Waals surface area (Å²) in [5.74, 6) is -2.03. The predicted octanol–water partition coefficient (Wildman–Crippen LogP) is 4.67. The van der Waals surface area contributed by atoms with Crippen LogP contribution in [0.1, 0.15) is 74.9 Å². The van der Waals surface area contributed by atoms with Gasteiger partial charge in [-0.05, 0) is 75.1 Å². The summed E-state index contributed by atoms with van der Waals surface area (Å²) in [6.07, 6.45) is 13.8. The van der Waals surface area contributed by atoms with Crippen LogP contribution in [-0.2, 0) is 41.2 Å². The van der Waals surface area contributed by atoms with E-state index in [-0.39, 0.29) is 23.3 Å². The zero-order valence-corrected chi connectivity index (χ0v) is 31.8. The number of nitrogens with zero attached hydrogens (tertiary/aromatic N) is 2. The van der Waals surface area contributed by atoms with Crippen LogP contribution in [0.5, 0.6) is 0 Å². The third-order valence-electron chi connectivity index (χ3n) is 9.30. The summed E-state index contributed by atoms with van der Waals surface area (Å²) in [4.78, 5) is 13.3. The monoisotopic (exact) mass is 774 g/mol. The molecule has 16 heteroatoms. The molecule has 13 nitrogen and oxygen atoms in total. The second kappa shape index (κ2) is 15.6. The molecule has 2 aromatic rings. The van der Waals surface area contributed by atoms with Gasteiger partial charge >= 0.3 is 5.97 Å². The molecule has 0 saturated carbocycles. The van der Waals surface area contributed by atoms with Gasteiger partial charge in [-0.3, -0.25) is 0 Å². The van der Waals surface area contributed by atoms with Gasteiger partial charge in [0.2, 0.25) is 5.69 Å². The average Bonchev–Trinajstić information content (AvgIpc) is 3.37. The first-order chi connectivity index (χ1) is 24.0. The Morgan fingerprint density at radius 1 is 0.769 bits per heavy atom. The molecule has 0 atom stereocenters. The first-order valence-electron chi connectivity index (χ1n) is 16.5. The van der Waals surface area contributed by atoms with E-state index in [0.29, 0.717) is 37.2 Å². The van der Waals surface area contributed by atoms with Crippen LogP contribution in [-0.4, -0.2) is 84.9 Å². The molecule has 0 unspecified atom stereocenters. The van der Waals surface area contributed by atoms with Gasteiger partial charge in [0.05, 0.1) is 36.1 Å². The lowest BCUT2D eigenvalue weighted by molar-refractivity contribution is -0.438. The topological polar surface area (TPSA) is 215 Å². The normalized spacial score (nSPS) is 18.0. The van der Waals surface area contributed by atoms with E-state index in [1.54, 1.807) is 42.5 Å². The van der Waals surface area contributed by atoms with Gasteiger partial charge in [-0.15, -0.1) is 0 Å². The molecule has 0 amide bonds. The van der Waals surface area contributed by atoms with Crippen molar-refractivity contribution < 1.29 is 53.4 Å². The van der Waals surface area contributed by atoms with E-state index < -0.39 is 58.7 Å². The van der Waals surface area contributed by atoms with Crippen LogP contribution in [0.4, 0.5) is 11.4 Å². The fourth-order valence-electron chi connectivity index (χ4n) is 6.68. The molecule has 2 aliphatic heterocycles. The molecule has 2 heterocycles. The predicted molar refractivity (Wildman–Crippen MR) is 194 cm³/mol. The van der Waals surface area contributed by atoms with E-state index in [2.05, 4.69) is 0 Å². The van der Waals surface area contributed by atoms with Gasteiger partial charge in [0.15, 0.2) is 5.71 Å². The molecule has 0 fully saturated rings. The number of carboxylic acid groups (broad SMARTS) is 1. The maximum absolute atomic E-state index is 11.8. The van der Waals surface area contributed by atoms with Gasteiger partial charge in [0.1, 0.15) is 16.7 Å². The zero-order chi connectivity index (χ0) is 38.7. The Morgan fingerprint density at radius 3 is 2.00 bits per heavy atom. The van der Waals surface area contributed by atoms with Crippen LogP contribution < -0.4 is 4.90 Å². The number of benzene rings is 2. The van der Waals surface area contributed by atoms with Crippen molar-refractivity contribution in [3.8, 4) is 0 Å². The van der Waals surface area contributed by atoms with Crippen LogP contribution in [0, 0.1) is 0 Å². The molecule has 4 rings (SSSR count). The minimum absolute atomic E-state index is 0.143. The van der Waals surface area contributed by atoms with E-state index in [1.807, 2.05) is 55.4 Å².